The van der Waals surface area contributed by atoms with Crippen LogP contribution in [0.15, 0.2) is 36.5 Å². The van der Waals surface area contributed by atoms with Gasteiger partial charge in [0.25, 0.3) is 5.91 Å². The van der Waals surface area contributed by atoms with Gasteiger partial charge in [0.15, 0.2) is 0 Å². The first kappa shape index (κ1) is 16.0. The van der Waals surface area contributed by atoms with Crippen LogP contribution in [0, 0.1) is 12.7 Å². The molecule has 0 saturated carbocycles. The molecule has 3 N–H and O–H groups in total. The number of halogens is 1. The van der Waals surface area contributed by atoms with E-state index in [4.69, 9.17) is 5.73 Å². The van der Waals surface area contributed by atoms with Crippen LogP contribution in [0.5, 0.6) is 0 Å². The van der Waals surface area contributed by atoms with Crippen LogP contribution in [0.3, 0.4) is 0 Å². The third-order valence-electron chi connectivity index (χ3n) is 5.04. The summed E-state index contributed by atoms with van der Waals surface area (Å²) in [6.45, 7) is 2.98. The highest BCUT2D eigenvalue weighted by Crippen LogP contribution is 2.32. The van der Waals surface area contributed by atoms with Crippen LogP contribution in [0.25, 0.3) is 27.6 Å². The number of nitrogens with one attached hydrogen (secondary N) is 1. The highest BCUT2D eigenvalue weighted by atomic mass is 19.1. The van der Waals surface area contributed by atoms with E-state index in [0.717, 1.165) is 27.6 Å². The second-order valence-corrected chi connectivity index (χ2v) is 6.90. The largest absolute Gasteiger partial charge is 0.334 e. The number of hydrogen-bond donors (Lipinski definition) is 2. The Balaban J connectivity index is 1.64. The molecule has 1 fully saturated rings. The number of rotatable bonds is 2. The molecule has 136 valence electrons. The molecule has 4 heterocycles. The minimum atomic E-state index is -0.306. The van der Waals surface area contributed by atoms with E-state index in [0.29, 0.717) is 24.5 Å². The molecule has 0 atom stereocenters. The van der Waals surface area contributed by atoms with Gasteiger partial charge < -0.3 is 15.2 Å². The molecular weight excluding hydrogens is 347 g/mol. The minimum Gasteiger partial charge on any atom is -0.334 e. The van der Waals surface area contributed by atoms with Gasteiger partial charge in [0.2, 0.25) is 0 Å². The molecule has 1 saturated heterocycles. The van der Waals surface area contributed by atoms with Gasteiger partial charge in [0.05, 0.1) is 34.1 Å². The second kappa shape index (κ2) is 5.62. The topological polar surface area (TPSA) is 92.8 Å². The molecule has 1 aromatic carbocycles. The third kappa shape index (κ3) is 2.33. The Kier molecular flexibility index (Phi) is 3.32. The Bertz CT molecular complexity index is 1200. The van der Waals surface area contributed by atoms with Crippen molar-refractivity contribution in [2.24, 2.45) is 5.73 Å². The fourth-order valence-corrected chi connectivity index (χ4v) is 3.69. The lowest BCUT2D eigenvalue weighted by molar-refractivity contribution is 0.0601. The van der Waals surface area contributed by atoms with Crippen LogP contribution < -0.4 is 5.73 Å². The van der Waals surface area contributed by atoms with Gasteiger partial charge in [0.1, 0.15) is 11.5 Å². The Labute approximate surface area is 153 Å². The molecule has 27 heavy (non-hydrogen) atoms. The van der Waals surface area contributed by atoms with Crippen LogP contribution in [-0.2, 0) is 0 Å². The molecule has 0 radical (unpaired) electrons. The Morgan fingerprint density at radius 2 is 2.07 bits per heavy atom. The number of aryl methyl sites for hydroxylation is 1. The van der Waals surface area contributed by atoms with Gasteiger partial charge in [-0.25, -0.2) is 9.37 Å². The number of fused-ring (bicyclic) bond motifs is 3. The normalized spacial score (nSPS) is 14.9. The molecule has 0 aliphatic carbocycles. The molecule has 5 rings (SSSR count). The Hall–Kier alpha value is -3.26. The molecular formula is C19H17FN6O. The predicted octanol–water partition coefficient (Wildman–Crippen LogP) is 2.13. The number of pyridine rings is 1. The number of nitrogens with zero attached hydrogens (tertiary/aromatic N) is 4. The summed E-state index contributed by atoms with van der Waals surface area (Å²) in [4.78, 5) is 18.7. The summed E-state index contributed by atoms with van der Waals surface area (Å²) < 4.78 is 15.7. The number of benzene rings is 1. The first-order chi connectivity index (χ1) is 13.0. The van der Waals surface area contributed by atoms with Crippen molar-refractivity contribution in [3.8, 4) is 5.69 Å². The summed E-state index contributed by atoms with van der Waals surface area (Å²) in [6.07, 6.45) is 1.70. The van der Waals surface area contributed by atoms with Crippen molar-refractivity contribution in [2.75, 3.05) is 13.1 Å². The van der Waals surface area contributed by atoms with Crippen molar-refractivity contribution in [2.45, 2.75) is 13.0 Å². The number of carbonyl (C=O) groups is 1. The maximum atomic E-state index is 13.7. The second-order valence-electron chi connectivity index (χ2n) is 6.90. The molecule has 0 unspecified atom stereocenters. The van der Waals surface area contributed by atoms with E-state index in [9.17, 15) is 9.18 Å². The Morgan fingerprint density at radius 3 is 2.81 bits per heavy atom. The first-order valence-corrected chi connectivity index (χ1v) is 8.69. The number of amides is 1. The molecule has 8 heteroatoms. The summed E-state index contributed by atoms with van der Waals surface area (Å²) in [7, 11) is 0. The van der Waals surface area contributed by atoms with Crippen LogP contribution in [0.1, 0.15) is 16.2 Å². The molecule has 0 bridgehead atoms. The third-order valence-corrected chi connectivity index (χ3v) is 5.04. The average Bonchev–Trinajstić information content (AvgIpc) is 3.20. The van der Waals surface area contributed by atoms with Gasteiger partial charge in [-0.1, -0.05) is 0 Å². The molecule has 4 aromatic rings. The van der Waals surface area contributed by atoms with E-state index < -0.39 is 0 Å². The molecule has 3 aromatic heterocycles. The number of hydrogen-bond acceptors (Lipinski definition) is 4. The fraction of sp³-hybridized carbons (Fsp3) is 0.211. The van der Waals surface area contributed by atoms with E-state index >= 15 is 0 Å². The van der Waals surface area contributed by atoms with Crippen molar-refractivity contribution in [1.82, 2.24) is 24.6 Å². The molecule has 1 aliphatic rings. The summed E-state index contributed by atoms with van der Waals surface area (Å²) in [5, 5.41) is 7.77. The van der Waals surface area contributed by atoms with E-state index in [2.05, 4.69) is 15.2 Å². The lowest BCUT2D eigenvalue weighted by Crippen LogP contribution is -2.57. The summed E-state index contributed by atoms with van der Waals surface area (Å²) in [5.41, 5.74) is 10.1. The number of aromatic amines is 1. The van der Waals surface area contributed by atoms with Crippen molar-refractivity contribution < 1.29 is 9.18 Å². The van der Waals surface area contributed by atoms with E-state index in [1.807, 2.05) is 17.6 Å². The first-order valence-electron chi connectivity index (χ1n) is 8.69. The fourth-order valence-electron chi connectivity index (χ4n) is 3.69. The van der Waals surface area contributed by atoms with Crippen molar-refractivity contribution in [3.05, 3.63) is 53.7 Å². The zero-order chi connectivity index (χ0) is 18.7. The van der Waals surface area contributed by atoms with Crippen molar-refractivity contribution >= 4 is 27.8 Å². The van der Waals surface area contributed by atoms with Crippen LogP contribution >= 0.6 is 0 Å². The zero-order valence-electron chi connectivity index (χ0n) is 14.6. The average molecular weight is 364 g/mol. The summed E-state index contributed by atoms with van der Waals surface area (Å²) in [6, 6.07) is 8.29. The Morgan fingerprint density at radius 1 is 1.26 bits per heavy atom. The van der Waals surface area contributed by atoms with Gasteiger partial charge in [-0.15, -0.1) is 0 Å². The smallest absolute Gasteiger partial charge is 0.272 e. The van der Waals surface area contributed by atoms with Gasteiger partial charge in [-0.2, -0.15) is 5.10 Å². The maximum Gasteiger partial charge on any atom is 0.272 e. The maximum absolute atomic E-state index is 13.7. The van der Waals surface area contributed by atoms with Gasteiger partial charge in [-0.3, -0.25) is 9.89 Å². The quantitative estimate of drug-likeness (QED) is 0.570. The number of carbonyl (C=O) groups excluding carboxylic acids is 1. The van der Waals surface area contributed by atoms with Crippen LogP contribution in [-0.4, -0.2) is 49.7 Å². The molecule has 0 spiro atoms. The molecule has 1 amide bonds. The molecule has 7 nitrogen and oxygen atoms in total. The van der Waals surface area contributed by atoms with E-state index in [-0.39, 0.29) is 17.8 Å². The van der Waals surface area contributed by atoms with Gasteiger partial charge >= 0.3 is 0 Å². The van der Waals surface area contributed by atoms with E-state index in [1.54, 1.807) is 23.2 Å². The summed E-state index contributed by atoms with van der Waals surface area (Å²) in [5.74, 6) is -0.418. The van der Waals surface area contributed by atoms with Crippen molar-refractivity contribution in [3.63, 3.8) is 0 Å². The molecule has 1 aliphatic heterocycles. The number of nitrogens with two attached hydrogens (primary N) is 1. The van der Waals surface area contributed by atoms with Gasteiger partial charge in [-0.05, 0) is 37.3 Å². The SMILES string of the molecule is Cc1nc(C(=O)N2CC(N)C2)ccc1-n1c2ccc(F)cc2c2[nH]ncc21. The number of H-pyrrole nitrogens is 1. The number of aromatic nitrogens is 4. The minimum absolute atomic E-state index is 0.0512. The summed E-state index contributed by atoms with van der Waals surface area (Å²) >= 11 is 0. The monoisotopic (exact) mass is 364 g/mol. The van der Waals surface area contributed by atoms with E-state index in [1.165, 1.54) is 12.1 Å². The lowest BCUT2D eigenvalue weighted by atomic mass is 10.1. The number of likely N-dealkylation sites (tertiary alicyclic amines) is 1. The lowest BCUT2D eigenvalue weighted by Gasteiger charge is -2.36. The predicted molar refractivity (Wildman–Crippen MR) is 99.3 cm³/mol. The van der Waals surface area contributed by atoms with Crippen LogP contribution in [0.4, 0.5) is 4.39 Å². The highest BCUT2D eigenvalue weighted by molar-refractivity contribution is 6.07. The van der Waals surface area contributed by atoms with Crippen LogP contribution in [0.2, 0.25) is 0 Å². The zero-order valence-corrected chi connectivity index (χ0v) is 14.6. The highest BCUT2D eigenvalue weighted by Gasteiger charge is 2.29. The standard InChI is InChI=1S/C19H17FN6O/c1-10-15(5-3-14(23-10)19(27)25-8-12(21)9-25)26-16-4-2-11(20)6-13(16)18-17(26)7-22-24-18/h2-7,12H,8-9,21H2,1H3,(H,22,24). The van der Waals surface area contributed by atoms with Gasteiger partial charge in [0, 0.05) is 24.5 Å². The van der Waals surface area contributed by atoms with Crippen molar-refractivity contribution in [1.29, 1.82) is 0 Å².